The van der Waals surface area contributed by atoms with Gasteiger partial charge in [-0.25, -0.2) is 4.68 Å². The van der Waals surface area contributed by atoms with Crippen molar-refractivity contribution in [3.8, 4) is 0 Å². The molecule has 11 nitrogen and oxygen atoms in total. The van der Waals surface area contributed by atoms with Gasteiger partial charge in [0.25, 0.3) is 0 Å². The SMILES string of the molecule is C=CCN(Cn1nnc2ccccc21)C(=O)C1N(CCCCCCO)C(=O)[C@@H]2[C@@H](C(=O)N(CC=C)Cc3ccccc3)[C@]3(C)OC12CC3C. The number of aliphatic hydroxyl groups excluding tert-OH is 1. The summed E-state index contributed by atoms with van der Waals surface area (Å²) in [4.78, 5) is 49.6. The smallest absolute Gasteiger partial charge is 0.250 e. The van der Waals surface area contributed by atoms with Gasteiger partial charge in [0.2, 0.25) is 17.7 Å². The van der Waals surface area contributed by atoms with Crippen LogP contribution in [0.5, 0.6) is 0 Å². The van der Waals surface area contributed by atoms with E-state index < -0.39 is 29.1 Å². The molecule has 2 bridgehead atoms. The molecule has 0 radical (unpaired) electrons. The van der Waals surface area contributed by atoms with Crippen molar-refractivity contribution in [2.75, 3.05) is 26.2 Å². The van der Waals surface area contributed by atoms with Gasteiger partial charge in [-0.15, -0.1) is 18.3 Å². The summed E-state index contributed by atoms with van der Waals surface area (Å²) in [7, 11) is 0. The molecular formula is C38H48N6O5. The van der Waals surface area contributed by atoms with Crippen molar-refractivity contribution in [2.24, 2.45) is 17.8 Å². The number of fused-ring (bicyclic) bond motifs is 2. The standard InChI is InChI=1S/C38H48N6O5/c1-5-20-41(25-28-16-10-9-11-17-28)34(46)31-32-35(47)43(22-14-7-8-15-23-45)33(38(32)24-27(3)37(31,4)49-38)36(48)42(21-6-2)26-44-30-19-13-12-18-29(30)39-40-44/h5-6,9-13,16-19,27,31-33,45H,1-2,7-8,14-15,20-26H2,3-4H3/t27?,31-,32-,33?,37+,38?/m0/s1. The van der Waals surface area contributed by atoms with Gasteiger partial charge in [0, 0.05) is 32.8 Å². The molecular weight excluding hydrogens is 620 g/mol. The minimum Gasteiger partial charge on any atom is -0.396 e. The molecule has 3 aliphatic rings. The van der Waals surface area contributed by atoms with Crippen LogP contribution in [0.4, 0.5) is 0 Å². The third kappa shape index (κ3) is 6.07. The molecule has 3 fully saturated rings. The molecule has 4 heterocycles. The highest BCUT2D eigenvalue weighted by atomic mass is 16.5. The zero-order chi connectivity index (χ0) is 34.8. The zero-order valence-electron chi connectivity index (χ0n) is 28.6. The Kier molecular flexibility index (Phi) is 10.0. The van der Waals surface area contributed by atoms with Crippen molar-refractivity contribution in [3.05, 3.63) is 85.5 Å². The maximum Gasteiger partial charge on any atom is 0.250 e. The Morgan fingerprint density at radius 2 is 1.69 bits per heavy atom. The van der Waals surface area contributed by atoms with Gasteiger partial charge in [-0.2, -0.15) is 0 Å². The minimum atomic E-state index is -1.18. The van der Waals surface area contributed by atoms with E-state index in [1.807, 2.05) is 61.5 Å². The number of aromatic nitrogens is 3. The quantitative estimate of drug-likeness (QED) is 0.180. The molecule has 3 amide bonds. The molecule has 6 atom stereocenters. The molecule has 49 heavy (non-hydrogen) atoms. The van der Waals surface area contributed by atoms with Gasteiger partial charge in [0.1, 0.15) is 23.8 Å². The number of para-hydroxylation sites is 1. The Balaban J connectivity index is 1.37. The van der Waals surface area contributed by atoms with E-state index in [1.54, 1.807) is 31.5 Å². The van der Waals surface area contributed by atoms with E-state index in [4.69, 9.17) is 4.74 Å². The van der Waals surface area contributed by atoms with Crippen LogP contribution >= 0.6 is 0 Å². The third-order valence-electron chi connectivity index (χ3n) is 10.9. The van der Waals surface area contributed by atoms with Gasteiger partial charge in [-0.3, -0.25) is 14.4 Å². The van der Waals surface area contributed by atoms with Gasteiger partial charge < -0.3 is 24.5 Å². The number of hydrogen-bond acceptors (Lipinski definition) is 7. The second kappa shape index (κ2) is 14.2. The topological polar surface area (TPSA) is 121 Å². The lowest BCUT2D eigenvalue weighted by Gasteiger charge is -2.39. The Labute approximate surface area is 288 Å². The van der Waals surface area contributed by atoms with Crippen LogP contribution in [0.25, 0.3) is 11.0 Å². The van der Waals surface area contributed by atoms with Crippen molar-refractivity contribution in [1.29, 1.82) is 0 Å². The fourth-order valence-corrected chi connectivity index (χ4v) is 8.50. The molecule has 1 N–H and O–H groups in total. The molecule has 260 valence electrons. The number of carbonyl (C=O) groups is 3. The van der Waals surface area contributed by atoms with Crippen LogP contribution in [0.15, 0.2) is 79.9 Å². The number of ether oxygens (including phenoxy) is 1. The predicted octanol–water partition coefficient (Wildman–Crippen LogP) is 4.18. The van der Waals surface area contributed by atoms with Crippen LogP contribution in [0, 0.1) is 17.8 Å². The average molecular weight is 669 g/mol. The lowest BCUT2D eigenvalue weighted by atomic mass is 9.62. The first-order valence-corrected chi connectivity index (χ1v) is 17.4. The fraction of sp³-hybridized carbons (Fsp3) is 0.500. The Bertz CT molecular complexity index is 1690. The first-order chi connectivity index (χ1) is 23.7. The molecule has 1 spiro atoms. The summed E-state index contributed by atoms with van der Waals surface area (Å²) in [6.45, 7) is 13.3. The van der Waals surface area contributed by atoms with Gasteiger partial charge in [-0.1, -0.05) is 79.6 Å². The average Bonchev–Trinajstić information content (AvgIpc) is 3.77. The van der Waals surface area contributed by atoms with E-state index in [9.17, 15) is 19.5 Å². The molecule has 3 unspecified atom stereocenters. The Morgan fingerprint density at radius 3 is 2.43 bits per heavy atom. The van der Waals surface area contributed by atoms with Crippen molar-refractivity contribution in [1.82, 2.24) is 29.7 Å². The normalized spacial score (nSPS) is 27.0. The van der Waals surface area contributed by atoms with Crippen LogP contribution < -0.4 is 0 Å². The number of nitrogens with zero attached hydrogens (tertiary/aromatic N) is 6. The molecule has 3 aliphatic heterocycles. The maximum absolute atomic E-state index is 15.0. The lowest BCUT2D eigenvalue weighted by molar-refractivity contribution is -0.155. The minimum absolute atomic E-state index is 0.0836. The second-order valence-electron chi connectivity index (χ2n) is 13.9. The van der Waals surface area contributed by atoms with Crippen molar-refractivity contribution < 1.29 is 24.2 Å². The van der Waals surface area contributed by atoms with Crippen molar-refractivity contribution >= 4 is 28.8 Å². The summed E-state index contributed by atoms with van der Waals surface area (Å²) in [5.74, 6) is -2.30. The van der Waals surface area contributed by atoms with Crippen LogP contribution in [-0.2, 0) is 32.3 Å². The number of aliphatic hydroxyl groups is 1. The van der Waals surface area contributed by atoms with Crippen LogP contribution in [0.1, 0.15) is 51.5 Å². The molecule has 3 saturated heterocycles. The number of unbranched alkanes of at least 4 members (excludes halogenated alkanes) is 3. The summed E-state index contributed by atoms with van der Waals surface area (Å²) in [5.41, 5.74) is 0.363. The van der Waals surface area contributed by atoms with Gasteiger partial charge in [-0.05, 0) is 49.8 Å². The summed E-state index contributed by atoms with van der Waals surface area (Å²) < 4.78 is 8.71. The fourth-order valence-electron chi connectivity index (χ4n) is 8.50. The van der Waals surface area contributed by atoms with E-state index in [1.165, 1.54) is 0 Å². The van der Waals surface area contributed by atoms with Crippen LogP contribution in [0.3, 0.4) is 0 Å². The maximum atomic E-state index is 15.0. The molecule has 1 aromatic heterocycles. The lowest BCUT2D eigenvalue weighted by Crippen LogP contribution is -2.57. The number of carbonyl (C=O) groups excluding carboxylic acids is 3. The molecule has 0 saturated carbocycles. The molecule has 11 heteroatoms. The van der Waals surface area contributed by atoms with E-state index in [0.29, 0.717) is 44.4 Å². The predicted molar refractivity (Wildman–Crippen MR) is 186 cm³/mol. The molecule has 3 aromatic rings. The highest BCUT2D eigenvalue weighted by Gasteiger charge is 2.80. The molecule has 2 aromatic carbocycles. The zero-order valence-corrected chi connectivity index (χ0v) is 28.6. The van der Waals surface area contributed by atoms with E-state index in [2.05, 4.69) is 30.4 Å². The Hall–Kier alpha value is -4.35. The van der Waals surface area contributed by atoms with E-state index >= 15 is 0 Å². The van der Waals surface area contributed by atoms with Gasteiger partial charge in [0.05, 0.1) is 23.0 Å². The Morgan fingerprint density at radius 1 is 1.00 bits per heavy atom. The van der Waals surface area contributed by atoms with Crippen molar-refractivity contribution in [3.63, 3.8) is 0 Å². The highest BCUT2D eigenvalue weighted by molar-refractivity contribution is 5.99. The summed E-state index contributed by atoms with van der Waals surface area (Å²) in [5, 5.41) is 17.9. The molecule has 0 aliphatic carbocycles. The summed E-state index contributed by atoms with van der Waals surface area (Å²) >= 11 is 0. The summed E-state index contributed by atoms with van der Waals surface area (Å²) in [6.07, 6.45) is 6.81. The first kappa shape index (κ1) is 34.5. The van der Waals surface area contributed by atoms with Crippen molar-refractivity contribution in [2.45, 2.75) is 76.4 Å². The summed E-state index contributed by atoms with van der Waals surface area (Å²) in [6, 6.07) is 16.4. The van der Waals surface area contributed by atoms with Gasteiger partial charge in [0.15, 0.2) is 0 Å². The largest absolute Gasteiger partial charge is 0.396 e. The number of benzene rings is 2. The number of rotatable bonds is 16. The molecule has 6 rings (SSSR count). The monoisotopic (exact) mass is 668 g/mol. The van der Waals surface area contributed by atoms with Crippen LogP contribution in [0.2, 0.25) is 0 Å². The first-order valence-electron chi connectivity index (χ1n) is 17.4. The highest BCUT2D eigenvalue weighted by Crippen LogP contribution is 2.65. The third-order valence-corrected chi connectivity index (χ3v) is 10.9. The number of hydrogen-bond donors (Lipinski definition) is 1. The van der Waals surface area contributed by atoms with E-state index in [-0.39, 0.29) is 43.5 Å². The number of likely N-dealkylation sites (tertiary alicyclic amines) is 1. The van der Waals surface area contributed by atoms with Crippen LogP contribution in [-0.4, -0.2) is 96.0 Å². The second-order valence-corrected chi connectivity index (χ2v) is 13.9. The van der Waals surface area contributed by atoms with E-state index in [0.717, 1.165) is 23.9 Å². The van der Waals surface area contributed by atoms with Gasteiger partial charge >= 0.3 is 0 Å². The number of amides is 3.